The zero-order chi connectivity index (χ0) is 22.6. The van der Waals surface area contributed by atoms with E-state index in [-0.39, 0.29) is 29.3 Å². The molecule has 6 heteroatoms. The minimum atomic E-state index is -0.350. The van der Waals surface area contributed by atoms with Crippen LogP contribution in [0, 0.1) is 17.7 Å². The summed E-state index contributed by atoms with van der Waals surface area (Å²) in [6.45, 7) is 8.81. The second-order valence-corrected chi connectivity index (χ2v) is 10.1. The third kappa shape index (κ3) is 4.81. The summed E-state index contributed by atoms with van der Waals surface area (Å²) in [6.07, 6.45) is 7.45. The second kappa shape index (κ2) is 10.5. The number of alkyl carbamates (subject to hydrolysis) is 1. The molecule has 3 fully saturated rings. The number of likely N-dealkylation sites (tertiary alicyclic amines) is 2. The number of amides is 1. The molecular weight excluding hydrogens is 405 g/mol. The van der Waals surface area contributed by atoms with Crippen LogP contribution in [0.2, 0.25) is 0 Å². The van der Waals surface area contributed by atoms with Crippen molar-refractivity contribution in [3.05, 3.63) is 35.6 Å². The van der Waals surface area contributed by atoms with Crippen LogP contribution in [-0.2, 0) is 10.2 Å². The first kappa shape index (κ1) is 23.5. The minimum absolute atomic E-state index is 0.0701. The topological polar surface area (TPSA) is 44.8 Å². The Labute approximate surface area is 192 Å². The number of piperidine rings is 1. The lowest BCUT2D eigenvalue weighted by Crippen LogP contribution is -2.59. The molecular formula is C26H40FN3O2. The van der Waals surface area contributed by atoms with Crippen LogP contribution in [0.3, 0.4) is 0 Å². The fourth-order valence-corrected chi connectivity index (χ4v) is 6.73. The summed E-state index contributed by atoms with van der Waals surface area (Å²) in [6, 6.07) is 7.43. The molecule has 1 amide bonds. The van der Waals surface area contributed by atoms with Crippen LogP contribution in [0.15, 0.2) is 24.3 Å². The molecule has 2 heterocycles. The van der Waals surface area contributed by atoms with Crippen molar-refractivity contribution in [2.24, 2.45) is 11.8 Å². The first-order valence-corrected chi connectivity index (χ1v) is 12.6. The monoisotopic (exact) mass is 445 g/mol. The Morgan fingerprint density at radius 1 is 1.12 bits per heavy atom. The van der Waals surface area contributed by atoms with E-state index in [1.54, 1.807) is 12.1 Å². The average molecular weight is 446 g/mol. The van der Waals surface area contributed by atoms with Crippen LogP contribution in [-0.4, -0.2) is 68.3 Å². The molecule has 0 unspecified atom stereocenters. The van der Waals surface area contributed by atoms with E-state index in [1.165, 1.54) is 20.0 Å². The number of methoxy groups -OCH3 is 1. The maximum absolute atomic E-state index is 14.6. The Morgan fingerprint density at radius 2 is 1.91 bits per heavy atom. The molecule has 1 saturated carbocycles. The van der Waals surface area contributed by atoms with Gasteiger partial charge in [-0.05, 0) is 101 Å². The van der Waals surface area contributed by atoms with Gasteiger partial charge in [0, 0.05) is 18.0 Å². The first-order valence-electron chi connectivity index (χ1n) is 12.6. The zero-order valence-corrected chi connectivity index (χ0v) is 19.8. The van der Waals surface area contributed by atoms with Crippen molar-refractivity contribution in [2.45, 2.75) is 63.3 Å². The van der Waals surface area contributed by atoms with Gasteiger partial charge >= 0.3 is 6.09 Å². The number of hydrogen-bond acceptors (Lipinski definition) is 4. The fourth-order valence-electron chi connectivity index (χ4n) is 6.73. The molecule has 32 heavy (non-hydrogen) atoms. The van der Waals surface area contributed by atoms with Crippen molar-refractivity contribution < 1.29 is 13.9 Å². The minimum Gasteiger partial charge on any atom is -0.453 e. The normalized spacial score (nSPS) is 27.0. The standard InChI is InChI=1S/C26H40FN3O2/c1-3-13-29-16-11-20(12-17-29)26(19-30-14-6-15-30,21-7-4-8-22(27)18-21)23-9-5-10-24(23)28-25(31)32-2/h4,7-8,18,20,23-24H,3,5-6,9-17,19H2,1-2H3,(H,28,31)/t23-,24-,26-/m0/s1. The van der Waals surface area contributed by atoms with Crippen LogP contribution < -0.4 is 5.32 Å². The molecule has 5 nitrogen and oxygen atoms in total. The zero-order valence-electron chi connectivity index (χ0n) is 19.8. The van der Waals surface area contributed by atoms with Gasteiger partial charge in [0.25, 0.3) is 0 Å². The maximum Gasteiger partial charge on any atom is 0.407 e. The Bertz CT molecular complexity index is 763. The molecule has 3 atom stereocenters. The lowest BCUT2D eigenvalue weighted by atomic mass is 9.57. The van der Waals surface area contributed by atoms with Gasteiger partial charge in [0.2, 0.25) is 0 Å². The molecule has 3 aliphatic rings. The van der Waals surface area contributed by atoms with E-state index in [4.69, 9.17) is 4.74 Å². The number of ether oxygens (including phenoxy) is 1. The highest BCUT2D eigenvalue weighted by atomic mass is 19.1. The predicted octanol–water partition coefficient (Wildman–Crippen LogP) is 4.42. The summed E-state index contributed by atoms with van der Waals surface area (Å²) >= 11 is 0. The molecule has 1 N–H and O–H groups in total. The molecule has 2 aliphatic heterocycles. The van der Waals surface area contributed by atoms with Gasteiger partial charge in [0.05, 0.1) is 7.11 Å². The smallest absolute Gasteiger partial charge is 0.407 e. The molecule has 0 aromatic heterocycles. The van der Waals surface area contributed by atoms with Gasteiger partial charge in [-0.25, -0.2) is 9.18 Å². The molecule has 1 aromatic rings. The molecule has 1 aliphatic carbocycles. The molecule has 2 saturated heterocycles. The molecule has 0 radical (unpaired) electrons. The SMILES string of the molecule is CCCN1CCC([C@@](CN2CCC2)(c2cccc(F)c2)[C@H]2CCC[C@@H]2NC(=O)OC)CC1. The second-order valence-electron chi connectivity index (χ2n) is 10.1. The number of rotatable bonds is 8. The van der Waals surface area contributed by atoms with E-state index in [2.05, 4.69) is 28.1 Å². The van der Waals surface area contributed by atoms with Crippen LogP contribution in [0.4, 0.5) is 9.18 Å². The van der Waals surface area contributed by atoms with Gasteiger partial charge in [0.15, 0.2) is 0 Å². The quantitative estimate of drug-likeness (QED) is 0.644. The van der Waals surface area contributed by atoms with E-state index < -0.39 is 0 Å². The molecule has 0 spiro atoms. The van der Waals surface area contributed by atoms with E-state index in [0.29, 0.717) is 5.92 Å². The number of nitrogens with zero attached hydrogens (tertiary/aromatic N) is 2. The number of nitrogens with one attached hydrogen (secondary N) is 1. The van der Waals surface area contributed by atoms with Crippen LogP contribution >= 0.6 is 0 Å². The van der Waals surface area contributed by atoms with Gasteiger partial charge in [-0.15, -0.1) is 0 Å². The van der Waals surface area contributed by atoms with Gasteiger partial charge in [-0.2, -0.15) is 0 Å². The molecule has 0 bridgehead atoms. The first-order chi connectivity index (χ1) is 15.6. The Kier molecular flexibility index (Phi) is 7.72. The highest BCUT2D eigenvalue weighted by Crippen LogP contribution is 2.51. The van der Waals surface area contributed by atoms with Crippen molar-refractivity contribution in [1.29, 1.82) is 0 Å². The fraction of sp³-hybridized carbons (Fsp3) is 0.731. The number of carbonyl (C=O) groups is 1. The van der Waals surface area contributed by atoms with Crippen molar-refractivity contribution in [1.82, 2.24) is 15.1 Å². The lowest BCUT2D eigenvalue weighted by molar-refractivity contribution is 0.0255. The van der Waals surface area contributed by atoms with E-state index in [9.17, 15) is 9.18 Å². The largest absolute Gasteiger partial charge is 0.453 e. The Morgan fingerprint density at radius 3 is 2.53 bits per heavy atom. The number of benzene rings is 1. The predicted molar refractivity (Wildman–Crippen MR) is 125 cm³/mol. The van der Waals surface area contributed by atoms with Crippen LogP contribution in [0.5, 0.6) is 0 Å². The third-order valence-corrected chi connectivity index (χ3v) is 8.32. The van der Waals surface area contributed by atoms with Crippen molar-refractivity contribution in [2.75, 3.05) is 46.4 Å². The highest BCUT2D eigenvalue weighted by molar-refractivity contribution is 5.67. The van der Waals surface area contributed by atoms with Gasteiger partial charge in [-0.1, -0.05) is 25.5 Å². The Balaban J connectivity index is 1.73. The highest BCUT2D eigenvalue weighted by Gasteiger charge is 2.53. The molecule has 4 rings (SSSR count). The summed E-state index contributed by atoms with van der Waals surface area (Å²) in [5.41, 5.74) is 0.963. The van der Waals surface area contributed by atoms with E-state index >= 15 is 0 Å². The van der Waals surface area contributed by atoms with Crippen LogP contribution in [0.25, 0.3) is 0 Å². The van der Waals surface area contributed by atoms with E-state index in [1.807, 2.05) is 6.07 Å². The van der Waals surface area contributed by atoms with E-state index in [0.717, 1.165) is 76.9 Å². The summed E-state index contributed by atoms with van der Waals surface area (Å²) in [4.78, 5) is 17.3. The molecule has 178 valence electrons. The summed E-state index contributed by atoms with van der Waals surface area (Å²) in [5, 5.41) is 3.16. The number of halogens is 1. The van der Waals surface area contributed by atoms with Crippen LogP contribution in [0.1, 0.15) is 57.4 Å². The number of hydrogen-bond donors (Lipinski definition) is 1. The Hall–Kier alpha value is -1.66. The number of carbonyl (C=O) groups excluding carboxylic acids is 1. The average Bonchev–Trinajstić information content (AvgIpc) is 3.22. The maximum atomic E-state index is 14.6. The molecule has 1 aromatic carbocycles. The van der Waals surface area contributed by atoms with Gasteiger partial charge < -0.3 is 19.9 Å². The lowest BCUT2D eigenvalue weighted by Gasteiger charge is -2.53. The van der Waals surface area contributed by atoms with Gasteiger partial charge in [-0.3, -0.25) is 0 Å². The van der Waals surface area contributed by atoms with Crippen molar-refractivity contribution >= 4 is 6.09 Å². The summed E-state index contributed by atoms with van der Waals surface area (Å²) < 4.78 is 19.6. The van der Waals surface area contributed by atoms with Crippen molar-refractivity contribution in [3.63, 3.8) is 0 Å². The van der Waals surface area contributed by atoms with Crippen molar-refractivity contribution in [3.8, 4) is 0 Å². The summed E-state index contributed by atoms with van der Waals surface area (Å²) in [7, 11) is 1.43. The summed E-state index contributed by atoms with van der Waals surface area (Å²) in [5.74, 6) is 0.601. The van der Waals surface area contributed by atoms with Gasteiger partial charge in [0.1, 0.15) is 5.82 Å². The third-order valence-electron chi connectivity index (χ3n) is 8.32.